The molecule has 2 aromatic heterocycles. The lowest BCUT2D eigenvalue weighted by Crippen LogP contribution is -2.40. The lowest BCUT2D eigenvalue weighted by atomic mass is 10.1. The predicted octanol–water partition coefficient (Wildman–Crippen LogP) is -0.0321. The van der Waals surface area contributed by atoms with Crippen LogP contribution < -0.4 is 11.3 Å². The van der Waals surface area contributed by atoms with Gasteiger partial charge in [-0.05, 0) is 11.8 Å². The Morgan fingerprint density at radius 2 is 1.76 bits per heavy atom. The Morgan fingerprint density at radius 1 is 1.16 bits per heavy atom. The van der Waals surface area contributed by atoms with E-state index in [0.29, 0.717) is 0 Å². The number of hydrogen-bond acceptors (Lipinski definition) is 16. The van der Waals surface area contributed by atoms with Gasteiger partial charge in [0.1, 0.15) is 6.10 Å². The number of carbonyl (C=O) groups excluding carboxylic acids is 2. The largest absolute Gasteiger partial charge is 0.488 e. The van der Waals surface area contributed by atoms with Crippen LogP contribution in [0.15, 0.2) is 11.1 Å². The first-order chi connectivity index (χ1) is 17.1. The van der Waals surface area contributed by atoms with E-state index >= 15 is 0 Å². The van der Waals surface area contributed by atoms with Crippen molar-refractivity contribution >= 4 is 63.2 Å². The average Bonchev–Trinajstić information content (AvgIpc) is 3.25. The molecule has 2 unspecified atom stereocenters. The zero-order chi connectivity index (χ0) is 27.3. The van der Waals surface area contributed by atoms with Crippen molar-refractivity contribution in [3.05, 3.63) is 16.7 Å². The second-order valence-electron chi connectivity index (χ2n) is 7.41. The average molecular weight is 605 g/mol. The van der Waals surface area contributed by atoms with Crippen LogP contribution in [0.3, 0.4) is 0 Å². The fourth-order valence-electron chi connectivity index (χ4n) is 3.49. The smallest absolute Gasteiger partial charge is 0.456 e. The summed E-state index contributed by atoms with van der Waals surface area (Å²) in [5.74, 6) is -1.89. The van der Waals surface area contributed by atoms with Crippen molar-refractivity contribution in [2.45, 2.75) is 38.4 Å². The van der Waals surface area contributed by atoms with Crippen molar-refractivity contribution in [3.8, 4) is 0 Å². The summed E-state index contributed by atoms with van der Waals surface area (Å²) in [6, 6.07) is 0. The third kappa shape index (κ3) is 6.16. The maximum Gasteiger partial charge on any atom is 0.488 e. The van der Waals surface area contributed by atoms with Crippen molar-refractivity contribution in [3.63, 3.8) is 0 Å². The normalized spacial score (nSPS) is 35.9. The molecule has 0 saturated carbocycles. The molecular weight excluding hydrogens is 587 g/mol. The van der Waals surface area contributed by atoms with Gasteiger partial charge in [-0.2, -0.15) is 9.29 Å². The van der Waals surface area contributed by atoms with Crippen molar-refractivity contribution in [1.29, 1.82) is 0 Å². The van der Waals surface area contributed by atoms with Crippen LogP contribution in [-0.4, -0.2) is 66.2 Å². The van der Waals surface area contributed by atoms with Crippen molar-refractivity contribution < 1.29 is 60.2 Å². The Morgan fingerprint density at radius 3 is 2.35 bits per heavy atom. The minimum atomic E-state index is -5.13. The number of phosphoric acid groups is 2. The molecular formula is C14H18N5O14P3S. The summed E-state index contributed by atoms with van der Waals surface area (Å²) in [4.78, 5) is 65.2. The standard InChI is InChI=1S/C14H18N5O14P3S/c1-5(20)28-9-7(3-27-36(37)32-34(23,24)31-35(25,26)33-36)30-13(10(9)29-6(2)21)19-4-16-8-11(19)17-14(15)18-12(8)22/h4,7,9-10,13H,3H2,1-2H3,(H,23,24)(H,25,26)(H3,15,17,18,22)/t7-,9-,10-,13-/m1/s1. The molecule has 6 atom stereocenters. The minimum absolute atomic E-state index is 0.0719. The zero-order valence-electron chi connectivity index (χ0n) is 18.6. The van der Waals surface area contributed by atoms with Gasteiger partial charge in [-0.3, -0.25) is 23.9 Å². The highest BCUT2D eigenvalue weighted by Gasteiger charge is 2.54. The summed E-state index contributed by atoms with van der Waals surface area (Å²) < 4.78 is 59.6. The van der Waals surface area contributed by atoms with E-state index < -0.39 is 71.0 Å². The summed E-state index contributed by atoms with van der Waals surface area (Å²) in [5.41, 5.74) is 4.74. The molecule has 2 saturated heterocycles. The number of ether oxygens (including phenoxy) is 3. The van der Waals surface area contributed by atoms with Crippen LogP contribution in [0.1, 0.15) is 20.1 Å². The van der Waals surface area contributed by atoms with E-state index in [2.05, 4.69) is 27.9 Å². The number of H-pyrrole nitrogens is 1. The number of aromatic nitrogens is 4. The maximum atomic E-state index is 12.2. The molecule has 0 aliphatic carbocycles. The van der Waals surface area contributed by atoms with Crippen LogP contribution in [0.4, 0.5) is 5.95 Å². The van der Waals surface area contributed by atoms with Crippen LogP contribution in [0, 0.1) is 0 Å². The van der Waals surface area contributed by atoms with Gasteiger partial charge < -0.3 is 34.3 Å². The van der Waals surface area contributed by atoms with Gasteiger partial charge in [-0.25, -0.2) is 22.7 Å². The number of nitrogen functional groups attached to an aromatic ring is 1. The molecule has 0 amide bonds. The van der Waals surface area contributed by atoms with Gasteiger partial charge in [0.05, 0.1) is 12.9 Å². The van der Waals surface area contributed by atoms with Gasteiger partial charge in [-0.15, -0.1) is 0 Å². The summed E-state index contributed by atoms with van der Waals surface area (Å²) in [6.45, 7) is -2.99. The molecule has 2 fully saturated rings. The van der Waals surface area contributed by atoms with E-state index in [0.717, 1.165) is 20.2 Å². The Bertz CT molecular complexity index is 1430. The van der Waals surface area contributed by atoms with E-state index in [1.807, 2.05) is 0 Å². The van der Waals surface area contributed by atoms with Crippen LogP contribution in [-0.2, 0) is 62.2 Å². The fraction of sp³-hybridized carbons (Fsp3) is 0.500. The number of nitrogens with two attached hydrogens (primary N) is 1. The number of imidazole rings is 1. The molecule has 2 aromatic rings. The number of carbonyl (C=O) groups is 2. The molecule has 0 bridgehead atoms. The molecule has 5 N–H and O–H groups in total. The maximum absolute atomic E-state index is 12.2. The van der Waals surface area contributed by atoms with Crippen LogP contribution >= 0.6 is 22.4 Å². The molecule has 0 radical (unpaired) electrons. The SMILES string of the molecule is CC(=O)O[C@@H]1[C@H](OC(C)=O)[C@@H](COP2(=S)OP(=O)(O)OP(=O)(O)O2)O[C@H]1n1cnc2c(=O)[nH]c(N)nc21. The predicted molar refractivity (Wildman–Crippen MR) is 121 cm³/mol. The topological polar surface area (TPSA) is 263 Å². The Labute approximate surface area is 210 Å². The zero-order valence-corrected chi connectivity index (χ0v) is 22.1. The number of hydrogen-bond donors (Lipinski definition) is 4. The molecule has 2 aliphatic rings. The fourth-order valence-corrected chi connectivity index (χ4v) is 10.1. The number of aromatic amines is 1. The van der Waals surface area contributed by atoms with E-state index in [9.17, 15) is 33.3 Å². The van der Waals surface area contributed by atoms with Crippen molar-refractivity contribution in [1.82, 2.24) is 19.5 Å². The molecule has 23 heteroatoms. The van der Waals surface area contributed by atoms with Crippen molar-refractivity contribution in [2.75, 3.05) is 12.3 Å². The van der Waals surface area contributed by atoms with Gasteiger partial charge in [0.15, 0.2) is 29.6 Å². The molecule has 37 heavy (non-hydrogen) atoms. The second-order valence-corrected chi connectivity index (χ2v) is 13.7. The minimum Gasteiger partial charge on any atom is -0.456 e. The van der Waals surface area contributed by atoms with Crippen molar-refractivity contribution in [2.24, 2.45) is 0 Å². The van der Waals surface area contributed by atoms with E-state index in [1.54, 1.807) is 0 Å². The molecule has 2 aliphatic heterocycles. The quantitative estimate of drug-likeness (QED) is 0.249. The number of anilines is 1. The Balaban J connectivity index is 1.69. The molecule has 4 heterocycles. The molecule has 19 nitrogen and oxygen atoms in total. The third-order valence-electron chi connectivity index (χ3n) is 4.62. The monoisotopic (exact) mass is 605 g/mol. The number of rotatable bonds is 6. The van der Waals surface area contributed by atoms with E-state index in [1.165, 1.54) is 4.57 Å². The lowest BCUT2D eigenvalue weighted by Gasteiger charge is -2.30. The van der Waals surface area contributed by atoms with Gasteiger partial charge in [0, 0.05) is 13.8 Å². The van der Waals surface area contributed by atoms with Gasteiger partial charge in [-0.1, -0.05) is 0 Å². The molecule has 0 aromatic carbocycles. The third-order valence-corrected chi connectivity index (χ3v) is 11.5. The summed E-state index contributed by atoms with van der Waals surface area (Å²) in [6.07, 6.45) is -4.31. The number of esters is 2. The summed E-state index contributed by atoms with van der Waals surface area (Å²) >= 11 is 4.89. The summed E-state index contributed by atoms with van der Waals surface area (Å²) in [7, 11) is -10.3. The number of fused-ring (bicyclic) bond motifs is 1. The van der Waals surface area contributed by atoms with Gasteiger partial charge in [0.2, 0.25) is 5.95 Å². The molecule has 0 spiro atoms. The van der Waals surface area contributed by atoms with E-state index in [-0.39, 0.29) is 17.1 Å². The lowest BCUT2D eigenvalue weighted by molar-refractivity contribution is -0.165. The van der Waals surface area contributed by atoms with Crippen LogP contribution in [0.5, 0.6) is 0 Å². The summed E-state index contributed by atoms with van der Waals surface area (Å²) in [5, 5.41) is 0. The highest BCUT2D eigenvalue weighted by molar-refractivity contribution is 8.11. The highest BCUT2D eigenvalue weighted by Crippen LogP contribution is 2.80. The Kier molecular flexibility index (Phi) is 7.48. The Hall–Kier alpha value is -2.08. The first kappa shape index (κ1) is 27.9. The molecule has 204 valence electrons. The van der Waals surface area contributed by atoms with Crippen LogP contribution in [0.25, 0.3) is 11.2 Å². The number of nitrogens with one attached hydrogen (secondary N) is 1. The second kappa shape index (κ2) is 9.91. The first-order valence-electron chi connectivity index (χ1n) is 9.84. The number of nitrogens with zero attached hydrogens (tertiary/aromatic N) is 3. The first-order valence-corrected chi connectivity index (χ1v) is 15.4. The van der Waals surface area contributed by atoms with Crippen LogP contribution in [0.2, 0.25) is 0 Å². The van der Waals surface area contributed by atoms with Gasteiger partial charge >= 0.3 is 34.3 Å². The van der Waals surface area contributed by atoms with Gasteiger partial charge in [0.25, 0.3) is 5.56 Å². The van der Waals surface area contributed by atoms with E-state index in [4.69, 9.17) is 36.3 Å². The highest BCUT2D eigenvalue weighted by atomic mass is 32.5. The molecule has 4 rings (SSSR count).